The van der Waals surface area contributed by atoms with Crippen LogP contribution in [0, 0.1) is 0 Å². The van der Waals surface area contributed by atoms with Gasteiger partial charge in [0.2, 0.25) is 0 Å². The van der Waals surface area contributed by atoms with E-state index in [1.165, 1.54) is 36.1 Å². The van der Waals surface area contributed by atoms with Gasteiger partial charge in [0.15, 0.2) is 5.82 Å². The molecule has 0 aliphatic heterocycles. The summed E-state index contributed by atoms with van der Waals surface area (Å²) in [6.07, 6.45) is 11.5. The smallest absolute Gasteiger partial charge is 0.276 e. The second kappa shape index (κ2) is 5.51. The Kier molecular flexibility index (Phi) is 3.26. The Morgan fingerprint density at radius 2 is 1.88 bits per heavy atom. The lowest BCUT2D eigenvalue weighted by Gasteiger charge is -2.39. The molecule has 1 saturated carbocycles. The van der Waals surface area contributed by atoms with Crippen molar-refractivity contribution in [1.29, 1.82) is 0 Å². The molecule has 6 heteroatoms. The number of aromatic nitrogens is 5. The van der Waals surface area contributed by atoms with Gasteiger partial charge in [-0.2, -0.15) is 10.1 Å². The van der Waals surface area contributed by atoms with Crippen LogP contribution in [-0.4, -0.2) is 24.9 Å². The first kappa shape index (κ1) is 14.8. The van der Waals surface area contributed by atoms with Crippen LogP contribution in [0.4, 0.5) is 0 Å². The molecule has 0 spiro atoms. The molecule has 6 nitrogen and oxygen atoms in total. The van der Waals surface area contributed by atoms with E-state index >= 15 is 0 Å². The van der Waals surface area contributed by atoms with E-state index in [9.17, 15) is 0 Å². The van der Waals surface area contributed by atoms with Crippen LogP contribution < -0.4 is 0 Å². The third-order valence-electron chi connectivity index (χ3n) is 5.82. The molecule has 3 aromatic heterocycles. The summed E-state index contributed by atoms with van der Waals surface area (Å²) in [6.45, 7) is 0. The fraction of sp³-hybridized carbons (Fsp3) is 0.474. The number of fused-ring (bicyclic) bond motifs is 1. The Bertz CT molecular complexity index is 907. The number of pyridine rings is 1. The summed E-state index contributed by atoms with van der Waals surface area (Å²) in [5.74, 6) is 1.40. The van der Waals surface area contributed by atoms with Crippen LogP contribution in [0.5, 0.6) is 0 Å². The number of nitrogens with zero attached hydrogens (tertiary/aromatic N) is 5. The summed E-state index contributed by atoms with van der Waals surface area (Å²) in [7, 11) is 1.97. The number of hydrogen-bond donors (Lipinski definition) is 0. The molecule has 0 saturated heterocycles. The molecular weight excluding hydrogens is 314 g/mol. The van der Waals surface area contributed by atoms with Crippen LogP contribution >= 0.6 is 0 Å². The van der Waals surface area contributed by atoms with Gasteiger partial charge in [-0.1, -0.05) is 11.6 Å². The van der Waals surface area contributed by atoms with Crippen LogP contribution in [0.15, 0.2) is 29.0 Å². The van der Waals surface area contributed by atoms with Crippen molar-refractivity contribution in [2.75, 3.05) is 0 Å². The lowest BCUT2D eigenvalue weighted by molar-refractivity contribution is 0.272. The predicted octanol–water partition coefficient (Wildman–Crippen LogP) is 3.21. The van der Waals surface area contributed by atoms with Crippen molar-refractivity contribution in [1.82, 2.24) is 24.9 Å². The fourth-order valence-electron chi connectivity index (χ4n) is 4.31. The average molecular weight is 335 g/mol. The molecule has 0 N–H and O–H groups in total. The molecule has 128 valence electrons. The summed E-state index contributed by atoms with van der Waals surface area (Å²) in [5.41, 5.74) is 4.58. The van der Waals surface area contributed by atoms with Gasteiger partial charge in [-0.25, -0.2) is 0 Å². The first-order valence-corrected chi connectivity index (χ1v) is 9.08. The maximum Gasteiger partial charge on any atom is 0.276 e. The zero-order valence-electron chi connectivity index (χ0n) is 14.4. The molecule has 3 heterocycles. The molecular formula is C19H21N5O. The van der Waals surface area contributed by atoms with Gasteiger partial charge < -0.3 is 4.52 Å². The number of hydrogen-bond acceptors (Lipinski definition) is 5. The van der Waals surface area contributed by atoms with Crippen LogP contribution in [0.1, 0.15) is 54.7 Å². The molecule has 1 fully saturated rings. The highest BCUT2D eigenvalue weighted by Gasteiger charge is 2.44. The summed E-state index contributed by atoms with van der Waals surface area (Å²) in [6, 6.07) is 4.14. The van der Waals surface area contributed by atoms with Crippen molar-refractivity contribution in [2.24, 2.45) is 7.05 Å². The zero-order chi connectivity index (χ0) is 16.9. The molecule has 2 aliphatic rings. The van der Waals surface area contributed by atoms with Crippen LogP contribution in [-0.2, 0) is 25.3 Å². The Morgan fingerprint density at radius 1 is 1.08 bits per heavy atom. The van der Waals surface area contributed by atoms with Gasteiger partial charge in [0.25, 0.3) is 5.89 Å². The van der Waals surface area contributed by atoms with E-state index in [4.69, 9.17) is 9.51 Å². The van der Waals surface area contributed by atoms with E-state index in [1.54, 1.807) is 0 Å². The van der Waals surface area contributed by atoms with Crippen LogP contribution in [0.3, 0.4) is 0 Å². The summed E-state index contributed by atoms with van der Waals surface area (Å²) in [4.78, 5) is 8.97. The van der Waals surface area contributed by atoms with Gasteiger partial charge in [-0.15, -0.1) is 0 Å². The molecule has 0 radical (unpaired) electrons. The Hall–Kier alpha value is -2.50. The molecule has 0 unspecified atom stereocenters. The van der Waals surface area contributed by atoms with Gasteiger partial charge >= 0.3 is 0 Å². The van der Waals surface area contributed by atoms with E-state index in [0.29, 0.717) is 5.89 Å². The van der Waals surface area contributed by atoms with Crippen molar-refractivity contribution >= 4 is 0 Å². The Morgan fingerprint density at radius 3 is 2.64 bits per heavy atom. The molecule has 3 aromatic rings. The largest absolute Gasteiger partial charge is 0.332 e. The van der Waals surface area contributed by atoms with Crippen molar-refractivity contribution in [3.8, 4) is 11.6 Å². The second-order valence-corrected chi connectivity index (χ2v) is 7.20. The SMILES string of the molecule is Cn1nc2c(c1-c1nc(C3(c4ccncc4)CCC3)no1)CCCC2. The topological polar surface area (TPSA) is 69.6 Å². The molecule has 0 amide bonds. The Labute approximate surface area is 146 Å². The summed E-state index contributed by atoms with van der Waals surface area (Å²) < 4.78 is 7.63. The molecule has 0 aromatic carbocycles. The number of aryl methyl sites for hydroxylation is 2. The third-order valence-corrected chi connectivity index (χ3v) is 5.82. The van der Waals surface area contributed by atoms with Gasteiger partial charge in [0.1, 0.15) is 5.69 Å². The molecule has 25 heavy (non-hydrogen) atoms. The second-order valence-electron chi connectivity index (χ2n) is 7.20. The maximum absolute atomic E-state index is 5.72. The van der Waals surface area contributed by atoms with Crippen molar-refractivity contribution in [2.45, 2.75) is 50.4 Å². The summed E-state index contributed by atoms with van der Waals surface area (Å²) >= 11 is 0. The van der Waals surface area contributed by atoms with E-state index in [1.807, 2.05) is 24.1 Å². The van der Waals surface area contributed by atoms with Crippen molar-refractivity contribution in [3.63, 3.8) is 0 Å². The average Bonchev–Trinajstić information content (AvgIpc) is 3.18. The quantitative estimate of drug-likeness (QED) is 0.735. The molecule has 0 atom stereocenters. The standard InChI is InChI=1S/C19H21N5O/c1-24-16(14-5-2-3-6-15(14)22-24)17-21-18(23-25-17)19(9-4-10-19)13-7-11-20-12-8-13/h7-8,11-12H,2-6,9-10H2,1H3. The van der Waals surface area contributed by atoms with Gasteiger partial charge in [-0.05, 0) is 56.2 Å². The van der Waals surface area contributed by atoms with E-state index in [0.717, 1.165) is 37.2 Å². The van der Waals surface area contributed by atoms with Gasteiger partial charge in [0.05, 0.1) is 11.1 Å². The lowest BCUT2D eigenvalue weighted by Crippen LogP contribution is -2.36. The molecule has 5 rings (SSSR count). The monoisotopic (exact) mass is 335 g/mol. The molecule has 2 aliphatic carbocycles. The van der Waals surface area contributed by atoms with Crippen molar-refractivity contribution in [3.05, 3.63) is 47.2 Å². The minimum atomic E-state index is -0.122. The van der Waals surface area contributed by atoms with Crippen molar-refractivity contribution < 1.29 is 4.52 Å². The highest BCUT2D eigenvalue weighted by Crippen LogP contribution is 2.48. The lowest BCUT2D eigenvalue weighted by atomic mass is 9.64. The third kappa shape index (κ3) is 2.16. The fourth-order valence-corrected chi connectivity index (χ4v) is 4.31. The van der Waals surface area contributed by atoms with Gasteiger partial charge in [0, 0.05) is 25.0 Å². The predicted molar refractivity (Wildman–Crippen MR) is 92.0 cm³/mol. The van der Waals surface area contributed by atoms with Crippen LogP contribution in [0.2, 0.25) is 0 Å². The highest BCUT2D eigenvalue weighted by atomic mass is 16.5. The van der Waals surface area contributed by atoms with Crippen LogP contribution in [0.25, 0.3) is 11.6 Å². The maximum atomic E-state index is 5.72. The number of rotatable bonds is 3. The van der Waals surface area contributed by atoms with E-state index in [2.05, 4.69) is 27.4 Å². The summed E-state index contributed by atoms with van der Waals surface area (Å²) in [5, 5.41) is 9.06. The normalized spacial score (nSPS) is 18.6. The van der Waals surface area contributed by atoms with E-state index in [-0.39, 0.29) is 5.41 Å². The van der Waals surface area contributed by atoms with Gasteiger partial charge in [-0.3, -0.25) is 9.67 Å². The highest BCUT2D eigenvalue weighted by molar-refractivity contribution is 5.56. The zero-order valence-corrected chi connectivity index (χ0v) is 14.4. The Balaban J connectivity index is 1.58. The first-order valence-electron chi connectivity index (χ1n) is 9.08. The minimum absolute atomic E-state index is 0.122. The minimum Gasteiger partial charge on any atom is -0.332 e. The molecule has 0 bridgehead atoms. The van der Waals surface area contributed by atoms with E-state index < -0.39 is 0 Å². The first-order chi connectivity index (χ1) is 12.3.